The summed E-state index contributed by atoms with van der Waals surface area (Å²) in [5.74, 6) is -1.43. The Bertz CT molecular complexity index is 1900. The molecule has 9 heteroatoms. The highest BCUT2D eigenvalue weighted by molar-refractivity contribution is 6.66. The van der Waals surface area contributed by atoms with Crippen LogP contribution in [0.5, 0.6) is 0 Å². The third-order valence-corrected chi connectivity index (χ3v) is 7.25. The zero-order chi connectivity index (χ0) is 26.8. The van der Waals surface area contributed by atoms with Gasteiger partial charge in [0, 0.05) is 38.5 Å². The van der Waals surface area contributed by atoms with Gasteiger partial charge in [-0.25, -0.2) is 0 Å². The van der Waals surface area contributed by atoms with Crippen LogP contribution in [0.15, 0.2) is 83.7 Å². The Labute approximate surface area is 230 Å². The fraction of sp³-hybridized carbons (Fsp3) is 0.0345. The van der Waals surface area contributed by atoms with E-state index in [0.29, 0.717) is 16.5 Å². The van der Waals surface area contributed by atoms with Gasteiger partial charge < -0.3 is 10.3 Å². The van der Waals surface area contributed by atoms with Gasteiger partial charge in [0.25, 0.3) is 5.91 Å². The molecular weight excluding hydrogens is 547 g/mol. The van der Waals surface area contributed by atoms with Crippen molar-refractivity contribution in [1.29, 1.82) is 0 Å². The first-order chi connectivity index (χ1) is 18.1. The molecule has 0 aliphatic heterocycles. The largest absolute Gasteiger partial charge is 0.354 e. The molecule has 1 aliphatic rings. The molecule has 6 nitrogen and oxygen atoms in total. The lowest BCUT2D eigenvalue weighted by molar-refractivity contribution is 0.0979. The number of alkyl halides is 3. The summed E-state index contributed by atoms with van der Waals surface area (Å²) in [7, 11) is 0. The van der Waals surface area contributed by atoms with Crippen molar-refractivity contribution in [3.8, 4) is 0 Å². The monoisotopic (exact) mass is 560 g/mol. The number of carbonyl (C=O) groups excluding carboxylic acids is 3. The molecule has 0 saturated carbocycles. The van der Waals surface area contributed by atoms with Crippen LogP contribution >= 0.6 is 34.8 Å². The maximum Gasteiger partial charge on any atom is 0.255 e. The van der Waals surface area contributed by atoms with Crippen LogP contribution in [0.3, 0.4) is 0 Å². The highest BCUT2D eigenvalue weighted by Crippen LogP contribution is 2.39. The summed E-state index contributed by atoms with van der Waals surface area (Å²) < 4.78 is -1.66. The molecule has 0 saturated heterocycles. The highest BCUT2D eigenvalue weighted by Gasteiger charge is 2.35. The number of amides is 1. The van der Waals surface area contributed by atoms with E-state index in [1.807, 2.05) is 0 Å². The van der Waals surface area contributed by atoms with E-state index in [1.165, 1.54) is 30.3 Å². The quantitative estimate of drug-likeness (QED) is 0.185. The summed E-state index contributed by atoms with van der Waals surface area (Å²) in [4.78, 5) is 57.3. The second-order valence-electron chi connectivity index (χ2n) is 8.83. The Morgan fingerprint density at radius 3 is 2.00 bits per heavy atom. The molecule has 38 heavy (non-hydrogen) atoms. The zero-order valence-corrected chi connectivity index (χ0v) is 21.5. The minimum Gasteiger partial charge on any atom is -0.354 e. The summed E-state index contributed by atoms with van der Waals surface area (Å²) in [6.07, 6.45) is 0. The van der Waals surface area contributed by atoms with Crippen molar-refractivity contribution in [3.63, 3.8) is 0 Å². The summed E-state index contributed by atoms with van der Waals surface area (Å²) in [6, 6.07) is 20.7. The number of anilines is 1. The Balaban J connectivity index is 1.58. The maximum absolute atomic E-state index is 13.7. The molecule has 0 fully saturated rings. The number of nitrogens with one attached hydrogen (secondary N) is 2. The molecule has 0 atom stereocenters. The average Bonchev–Trinajstić information content (AvgIpc) is 2.91. The van der Waals surface area contributed by atoms with Gasteiger partial charge in [-0.1, -0.05) is 83.3 Å². The van der Waals surface area contributed by atoms with Crippen molar-refractivity contribution in [3.05, 3.63) is 122 Å². The third kappa shape index (κ3) is 3.80. The molecule has 5 aromatic rings. The lowest BCUT2D eigenvalue weighted by Gasteiger charge is -2.22. The molecule has 1 aromatic heterocycles. The zero-order valence-electron chi connectivity index (χ0n) is 19.3. The average molecular weight is 562 g/mol. The fourth-order valence-electron chi connectivity index (χ4n) is 4.78. The highest BCUT2D eigenvalue weighted by atomic mass is 35.6. The standard InChI is InChI=1S/C29H15Cl3N2O4/c30-29(31,32)15-11-9-14(10-12-15)28(38)34-21-13-19-24(33-20-8-4-3-7-18(20)25(19)35)23-22(21)26(36)16-5-1-2-6-17(16)27(23)37/h1-13H,(H,33,35)(H,34,38). The number of rotatable bonds is 2. The number of aromatic amines is 1. The van der Waals surface area contributed by atoms with Crippen molar-refractivity contribution >= 4 is 79.8 Å². The first-order valence-corrected chi connectivity index (χ1v) is 12.6. The first kappa shape index (κ1) is 24.4. The number of para-hydroxylation sites is 1. The van der Waals surface area contributed by atoms with Crippen molar-refractivity contribution in [2.45, 2.75) is 3.79 Å². The van der Waals surface area contributed by atoms with E-state index < -0.39 is 21.3 Å². The number of hydrogen-bond donors (Lipinski definition) is 2. The van der Waals surface area contributed by atoms with E-state index in [4.69, 9.17) is 34.8 Å². The van der Waals surface area contributed by atoms with Crippen molar-refractivity contribution in [1.82, 2.24) is 4.98 Å². The number of fused-ring (bicyclic) bond motifs is 5. The van der Waals surface area contributed by atoms with Gasteiger partial charge in [-0.3, -0.25) is 19.2 Å². The van der Waals surface area contributed by atoms with Gasteiger partial charge in [-0.2, -0.15) is 0 Å². The molecule has 0 unspecified atom stereocenters. The molecule has 2 N–H and O–H groups in total. The number of hydrogen-bond acceptors (Lipinski definition) is 4. The van der Waals surface area contributed by atoms with Crippen LogP contribution in [0.2, 0.25) is 0 Å². The van der Waals surface area contributed by atoms with Crippen LogP contribution in [0.25, 0.3) is 21.8 Å². The van der Waals surface area contributed by atoms with Crippen molar-refractivity contribution in [2.24, 2.45) is 0 Å². The number of pyridine rings is 1. The number of H-pyrrole nitrogens is 1. The van der Waals surface area contributed by atoms with E-state index in [1.54, 1.807) is 48.5 Å². The third-order valence-electron chi connectivity index (χ3n) is 6.60. The van der Waals surface area contributed by atoms with Crippen LogP contribution in [-0.2, 0) is 3.79 Å². The molecule has 1 amide bonds. The number of carbonyl (C=O) groups is 3. The molecule has 0 spiro atoms. The smallest absolute Gasteiger partial charge is 0.255 e. The van der Waals surface area contributed by atoms with Crippen molar-refractivity contribution < 1.29 is 14.4 Å². The van der Waals surface area contributed by atoms with Crippen LogP contribution in [-0.4, -0.2) is 22.5 Å². The lowest BCUT2D eigenvalue weighted by atomic mass is 9.81. The molecular formula is C29H15Cl3N2O4. The molecule has 0 radical (unpaired) electrons. The fourth-order valence-corrected chi connectivity index (χ4v) is 5.15. The van der Waals surface area contributed by atoms with E-state index in [9.17, 15) is 19.2 Å². The number of benzene rings is 4. The molecule has 1 heterocycles. The lowest BCUT2D eigenvalue weighted by Crippen LogP contribution is -2.25. The maximum atomic E-state index is 13.7. The normalized spacial score (nSPS) is 12.9. The Kier molecular flexibility index (Phi) is 5.65. The minimum absolute atomic E-state index is 0.0124. The Morgan fingerprint density at radius 1 is 0.737 bits per heavy atom. The second-order valence-corrected chi connectivity index (χ2v) is 11.1. The van der Waals surface area contributed by atoms with E-state index >= 15 is 0 Å². The van der Waals surface area contributed by atoms with E-state index in [2.05, 4.69) is 10.3 Å². The Morgan fingerprint density at radius 2 is 1.34 bits per heavy atom. The van der Waals surface area contributed by atoms with Crippen LogP contribution < -0.4 is 10.7 Å². The SMILES string of the molecule is O=C(Nc1cc2c(=O)c3ccccc3[nH]c2c2c1C(=O)c1ccccc1C2=O)c1ccc(C(Cl)(Cl)Cl)cc1. The first-order valence-electron chi connectivity index (χ1n) is 11.4. The summed E-state index contributed by atoms with van der Waals surface area (Å²) >= 11 is 17.7. The van der Waals surface area contributed by atoms with Crippen molar-refractivity contribution in [2.75, 3.05) is 5.32 Å². The summed E-state index contributed by atoms with van der Waals surface area (Å²) in [5, 5.41) is 3.31. The molecule has 4 aromatic carbocycles. The number of aromatic nitrogens is 1. The van der Waals surface area contributed by atoms with Gasteiger partial charge in [0.1, 0.15) is 0 Å². The van der Waals surface area contributed by atoms with Gasteiger partial charge in [-0.05, 0) is 30.3 Å². The van der Waals surface area contributed by atoms with Crippen LogP contribution in [0.1, 0.15) is 47.8 Å². The van der Waals surface area contributed by atoms with Crippen LogP contribution in [0, 0.1) is 0 Å². The van der Waals surface area contributed by atoms with Gasteiger partial charge in [0.2, 0.25) is 3.79 Å². The number of halogens is 3. The summed E-state index contributed by atoms with van der Waals surface area (Å²) in [5.41, 5.74) is 1.57. The predicted octanol–water partition coefficient (Wildman–Crippen LogP) is 6.54. The van der Waals surface area contributed by atoms with Gasteiger partial charge in [0.05, 0.1) is 22.3 Å². The minimum atomic E-state index is -1.66. The van der Waals surface area contributed by atoms with Gasteiger partial charge in [0.15, 0.2) is 17.0 Å². The van der Waals surface area contributed by atoms with Crippen LogP contribution in [0.4, 0.5) is 5.69 Å². The predicted molar refractivity (Wildman–Crippen MR) is 149 cm³/mol. The summed E-state index contributed by atoms with van der Waals surface area (Å²) in [6.45, 7) is 0. The topological polar surface area (TPSA) is 96.1 Å². The number of ketones is 2. The molecule has 6 rings (SSSR count). The molecule has 1 aliphatic carbocycles. The Hall–Kier alpha value is -3.97. The van der Waals surface area contributed by atoms with Gasteiger partial charge >= 0.3 is 0 Å². The van der Waals surface area contributed by atoms with E-state index in [0.717, 1.165) is 0 Å². The van der Waals surface area contributed by atoms with E-state index in [-0.39, 0.29) is 49.8 Å². The molecule has 186 valence electrons. The second kappa shape index (κ2) is 8.81. The molecule has 0 bridgehead atoms. The van der Waals surface area contributed by atoms with Gasteiger partial charge in [-0.15, -0.1) is 0 Å².